The predicted molar refractivity (Wildman–Crippen MR) is 95.2 cm³/mol. The van der Waals surface area contributed by atoms with Gasteiger partial charge in [0, 0.05) is 18.7 Å². The maximum Gasteiger partial charge on any atom is 0.238 e. The van der Waals surface area contributed by atoms with E-state index < -0.39 is 29.7 Å². The molecule has 0 aliphatic carbocycles. The summed E-state index contributed by atoms with van der Waals surface area (Å²) in [5.41, 5.74) is 12.5. The summed E-state index contributed by atoms with van der Waals surface area (Å²) < 4.78 is 27.3. The van der Waals surface area contributed by atoms with Gasteiger partial charge in [0.05, 0.1) is 12.2 Å². The first-order chi connectivity index (χ1) is 12.4. The van der Waals surface area contributed by atoms with Crippen molar-refractivity contribution in [3.05, 3.63) is 71.3 Å². The van der Waals surface area contributed by atoms with Crippen LogP contribution >= 0.6 is 0 Å². The minimum atomic E-state index is -0.829. The first kappa shape index (κ1) is 19.9. The average molecular weight is 363 g/mol. The maximum atomic E-state index is 13.6. The van der Waals surface area contributed by atoms with Gasteiger partial charge in [-0.25, -0.2) is 13.8 Å². The standard InChI is InChI=1S/C18H23F2N5O/c19-14-7-4-8-15(20)13(14)10-25(23)11-17(22)24-18(26)16(21)9-12-5-2-1-3-6-12/h1-8,16-17H,9-11,21-23H2,(H,24,26)/t16-,17?/m0/s1. The predicted octanol–water partition coefficient (Wildman–Crippen LogP) is 0.612. The summed E-state index contributed by atoms with van der Waals surface area (Å²) in [5, 5.41) is 3.68. The van der Waals surface area contributed by atoms with E-state index in [1.54, 1.807) is 0 Å². The van der Waals surface area contributed by atoms with E-state index in [2.05, 4.69) is 5.32 Å². The van der Waals surface area contributed by atoms with Crippen molar-refractivity contribution in [2.75, 3.05) is 6.54 Å². The Kier molecular flexibility index (Phi) is 7.16. The molecule has 26 heavy (non-hydrogen) atoms. The maximum absolute atomic E-state index is 13.6. The topological polar surface area (TPSA) is 110 Å². The van der Waals surface area contributed by atoms with E-state index in [1.807, 2.05) is 30.3 Å². The zero-order valence-electron chi connectivity index (χ0n) is 14.2. The third-order valence-electron chi connectivity index (χ3n) is 3.82. The minimum Gasteiger partial charge on any atom is -0.338 e. The molecule has 0 radical (unpaired) electrons. The van der Waals surface area contributed by atoms with Gasteiger partial charge < -0.3 is 16.8 Å². The second-order valence-corrected chi connectivity index (χ2v) is 6.04. The molecule has 0 aromatic heterocycles. The molecule has 0 bridgehead atoms. The molecular weight excluding hydrogens is 340 g/mol. The van der Waals surface area contributed by atoms with Gasteiger partial charge in [-0.2, -0.15) is 0 Å². The first-order valence-corrected chi connectivity index (χ1v) is 8.15. The van der Waals surface area contributed by atoms with Gasteiger partial charge >= 0.3 is 0 Å². The van der Waals surface area contributed by atoms with Crippen molar-refractivity contribution in [2.45, 2.75) is 25.2 Å². The molecule has 2 aromatic rings. The molecule has 0 spiro atoms. The van der Waals surface area contributed by atoms with Crippen molar-refractivity contribution >= 4 is 5.91 Å². The summed E-state index contributed by atoms with van der Waals surface area (Å²) >= 11 is 0. The lowest BCUT2D eigenvalue weighted by molar-refractivity contribution is -0.123. The Balaban J connectivity index is 1.83. The number of carbonyl (C=O) groups is 1. The number of hydrazine groups is 1. The van der Waals surface area contributed by atoms with Crippen molar-refractivity contribution in [2.24, 2.45) is 17.3 Å². The molecule has 0 fully saturated rings. The Morgan fingerprint density at radius 1 is 1.04 bits per heavy atom. The number of nitrogens with zero attached hydrogens (tertiary/aromatic N) is 1. The van der Waals surface area contributed by atoms with Gasteiger partial charge in [0.2, 0.25) is 5.91 Å². The summed E-state index contributed by atoms with van der Waals surface area (Å²) in [4.78, 5) is 12.1. The highest BCUT2D eigenvalue weighted by molar-refractivity contribution is 5.82. The van der Waals surface area contributed by atoms with E-state index in [0.717, 1.165) is 22.7 Å². The van der Waals surface area contributed by atoms with Crippen LogP contribution in [0.5, 0.6) is 0 Å². The van der Waals surface area contributed by atoms with E-state index in [1.165, 1.54) is 6.07 Å². The summed E-state index contributed by atoms with van der Waals surface area (Å²) in [7, 11) is 0. The van der Waals surface area contributed by atoms with Crippen LogP contribution in [0, 0.1) is 11.6 Å². The number of benzene rings is 2. The molecule has 2 rings (SSSR count). The summed E-state index contributed by atoms with van der Waals surface area (Å²) in [5.74, 6) is 3.95. The smallest absolute Gasteiger partial charge is 0.238 e. The van der Waals surface area contributed by atoms with Crippen LogP contribution in [0.3, 0.4) is 0 Å². The largest absolute Gasteiger partial charge is 0.338 e. The van der Waals surface area contributed by atoms with Crippen LogP contribution in [0.15, 0.2) is 48.5 Å². The monoisotopic (exact) mass is 363 g/mol. The van der Waals surface area contributed by atoms with Gasteiger partial charge in [-0.05, 0) is 24.1 Å². The lowest BCUT2D eigenvalue weighted by Crippen LogP contribution is -2.55. The zero-order chi connectivity index (χ0) is 19.1. The second-order valence-electron chi connectivity index (χ2n) is 6.04. The third kappa shape index (κ3) is 5.85. The van der Waals surface area contributed by atoms with Crippen LogP contribution in [0.1, 0.15) is 11.1 Å². The van der Waals surface area contributed by atoms with E-state index in [-0.39, 0.29) is 18.7 Å². The summed E-state index contributed by atoms with van der Waals surface area (Å²) in [6.45, 7) is -0.185. The van der Waals surface area contributed by atoms with Crippen molar-refractivity contribution in [3.8, 4) is 0 Å². The van der Waals surface area contributed by atoms with Crippen LogP contribution in [0.2, 0.25) is 0 Å². The summed E-state index contributed by atoms with van der Waals surface area (Å²) in [6.07, 6.45) is -0.462. The number of nitrogens with one attached hydrogen (secondary N) is 1. The van der Waals surface area contributed by atoms with Crippen LogP contribution in [0.25, 0.3) is 0 Å². The van der Waals surface area contributed by atoms with Crippen molar-refractivity contribution in [1.29, 1.82) is 0 Å². The Bertz CT molecular complexity index is 709. The first-order valence-electron chi connectivity index (χ1n) is 8.15. The third-order valence-corrected chi connectivity index (χ3v) is 3.82. The lowest BCUT2D eigenvalue weighted by Gasteiger charge is -2.23. The average Bonchev–Trinajstić information content (AvgIpc) is 2.59. The molecule has 7 N–H and O–H groups in total. The highest BCUT2D eigenvalue weighted by Crippen LogP contribution is 2.13. The molecule has 0 aliphatic heterocycles. The van der Waals surface area contributed by atoms with Gasteiger partial charge in [0.1, 0.15) is 11.6 Å². The Hall–Kier alpha value is -2.39. The fraction of sp³-hybridized carbons (Fsp3) is 0.278. The number of amides is 1. The number of carbonyl (C=O) groups excluding carboxylic acids is 1. The van der Waals surface area contributed by atoms with E-state index >= 15 is 0 Å². The number of hydrogen-bond donors (Lipinski definition) is 4. The number of rotatable bonds is 8. The van der Waals surface area contributed by atoms with Crippen molar-refractivity contribution in [1.82, 2.24) is 10.3 Å². The molecule has 6 nitrogen and oxygen atoms in total. The minimum absolute atomic E-state index is 0.00241. The normalized spacial score (nSPS) is 13.5. The van der Waals surface area contributed by atoms with Gasteiger partial charge in [-0.1, -0.05) is 36.4 Å². The molecule has 1 amide bonds. The van der Waals surface area contributed by atoms with E-state index in [9.17, 15) is 13.6 Å². The molecule has 8 heteroatoms. The van der Waals surface area contributed by atoms with Crippen LogP contribution in [-0.2, 0) is 17.8 Å². The zero-order valence-corrected chi connectivity index (χ0v) is 14.2. The Labute approximate surface area is 150 Å². The molecule has 2 atom stereocenters. The van der Waals surface area contributed by atoms with Crippen LogP contribution < -0.4 is 22.6 Å². The molecule has 140 valence electrons. The lowest BCUT2D eigenvalue weighted by atomic mass is 10.1. The molecule has 0 saturated carbocycles. The fourth-order valence-electron chi connectivity index (χ4n) is 2.50. The van der Waals surface area contributed by atoms with Gasteiger partial charge in [-0.15, -0.1) is 0 Å². The quantitative estimate of drug-likeness (QED) is 0.312. The van der Waals surface area contributed by atoms with Gasteiger partial charge in [0.25, 0.3) is 0 Å². The molecule has 0 aliphatic rings. The second kappa shape index (κ2) is 9.35. The summed E-state index contributed by atoms with van der Waals surface area (Å²) in [6, 6.07) is 12.1. The van der Waals surface area contributed by atoms with E-state index in [4.69, 9.17) is 17.3 Å². The molecule has 0 saturated heterocycles. The Morgan fingerprint density at radius 2 is 1.65 bits per heavy atom. The highest BCUT2D eigenvalue weighted by atomic mass is 19.1. The molecule has 0 heterocycles. The number of hydrogen-bond acceptors (Lipinski definition) is 5. The van der Waals surface area contributed by atoms with Gasteiger partial charge in [0.15, 0.2) is 0 Å². The fourth-order valence-corrected chi connectivity index (χ4v) is 2.50. The SMILES string of the molecule is NC(CN(N)Cc1c(F)cccc1F)NC(=O)[C@@H](N)Cc1ccccc1. The van der Waals surface area contributed by atoms with E-state index in [0.29, 0.717) is 6.42 Å². The molecule has 2 aromatic carbocycles. The van der Waals surface area contributed by atoms with Crippen LogP contribution in [0.4, 0.5) is 8.78 Å². The van der Waals surface area contributed by atoms with Crippen molar-refractivity contribution in [3.63, 3.8) is 0 Å². The Morgan fingerprint density at radius 3 is 2.27 bits per heavy atom. The highest BCUT2D eigenvalue weighted by Gasteiger charge is 2.18. The molecular formula is C18H23F2N5O. The van der Waals surface area contributed by atoms with Gasteiger partial charge in [-0.3, -0.25) is 10.6 Å². The van der Waals surface area contributed by atoms with Crippen molar-refractivity contribution < 1.29 is 13.6 Å². The van der Waals surface area contributed by atoms with Crippen LogP contribution in [-0.4, -0.2) is 29.7 Å². The molecule has 1 unspecified atom stereocenters. The number of halogens is 2. The number of nitrogens with two attached hydrogens (primary N) is 3.